The number of hydrogen-bond donors (Lipinski definition) is 1. The van der Waals surface area contributed by atoms with Gasteiger partial charge in [0.2, 0.25) is 0 Å². The van der Waals surface area contributed by atoms with E-state index in [0.29, 0.717) is 28.6 Å². The second-order valence-electron chi connectivity index (χ2n) is 4.10. The lowest BCUT2D eigenvalue weighted by atomic mass is 10.0. The maximum absolute atomic E-state index is 11.4. The Morgan fingerprint density at radius 2 is 2.17 bits per heavy atom. The molecular weight excluding hydrogens is 230 g/mol. The summed E-state index contributed by atoms with van der Waals surface area (Å²) < 4.78 is 5.14. The lowest BCUT2D eigenvalue weighted by Gasteiger charge is -2.11. The van der Waals surface area contributed by atoms with E-state index in [2.05, 4.69) is 4.98 Å². The second kappa shape index (κ2) is 4.64. The molecule has 0 aliphatic carbocycles. The van der Waals surface area contributed by atoms with E-state index < -0.39 is 5.97 Å². The Balaban J connectivity index is 2.85. The molecule has 0 saturated heterocycles. The number of carbonyl (C=O) groups is 1. The van der Waals surface area contributed by atoms with Crippen LogP contribution in [0.4, 0.5) is 0 Å². The fourth-order valence-electron chi connectivity index (χ4n) is 2.14. The predicted octanol–water partition coefficient (Wildman–Crippen LogP) is 2.81. The van der Waals surface area contributed by atoms with E-state index in [1.54, 1.807) is 32.2 Å². The fraction of sp³-hybridized carbons (Fsp3) is 0.286. The standard InChI is InChI=1S/C14H15NO3/c1-4-11-8(2)13(14(16)17)10-6-5-9(18-3)7-12(10)15-11/h5-7H,4H2,1-3H3,(H,16,17). The third kappa shape index (κ3) is 1.90. The van der Waals surface area contributed by atoms with Crippen LogP contribution in [-0.4, -0.2) is 23.2 Å². The molecule has 0 bridgehead atoms. The zero-order valence-corrected chi connectivity index (χ0v) is 10.7. The van der Waals surface area contributed by atoms with Gasteiger partial charge in [-0.15, -0.1) is 0 Å². The van der Waals surface area contributed by atoms with Crippen molar-refractivity contribution in [3.8, 4) is 5.75 Å². The Bertz CT molecular complexity index is 620. The molecule has 0 unspecified atom stereocenters. The number of carboxylic acid groups (broad SMARTS) is 1. The van der Waals surface area contributed by atoms with Gasteiger partial charge in [-0.3, -0.25) is 4.98 Å². The summed E-state index contributed by atoms with van der Waals surface area (Å²) in [4.78, 5) is 15.9. The number of aromatic carboxylic acids is 1. The number of aromatic nitrogens is 1. The zero-order chi connectivity index (χ0) is 13.3. The number of ether oxygens (including phenoxy) is 1. The third-order valence-electron chi connectivity index (χ3n) is 3.09. The second-order valence-corrected chi connectivity index (χ2v) is 4.10. The number of pyridine rings is 1. The van der Waals surface area contributed by atoms with Crippen LogP contribution in [0.5, 0.6) is 5.75 Å². The quantitative estimate of drug-likeness (QED) is 0.903. The van der Waals surface area contributed by atoms with Crippen LogP contribution in [0.25, 0.3) is 10.9 Å². The van der Waals surface area contributed by atoms with Crippen molar-refractivity contribution in [1.82, 2.24) is 4.98 Å². The van der Waals surface area contributed by atoms with E-state index >= 15 is 0 Å². The molecule has 0 aliphatic heterocycles. The van der Waals surface area contributed by atoms with Crippen LogP contribution in [0.2, 0.25) is 0 Å². The van der Waals surface area contributed by atoms with Gasteiger partial charge in [-0.25, -0.2) is 4.79 Å². The summed E-state index contributed by atoms with van der Waals surface area (Å²) >= 11 is 0. The topological polar surface area (TPSA) is 59.4 Å². The van der Waals surface area contributed by atoms with Gasteiger partial charge in [0.05, 0.1) is 18.2 Å². The molecule has 2 rings (SSSR count). The SMILES string of the molecule is CCc1nc2cc(OC)ccc2c(C(=O)O)c1C. The molecule has 0 radical (unpaired) electrons. The Hall–Kier alpha value is -2.10. The number of nitrogens with zero attached hydrogens (tertiary/aromatic N) is 1. The molecule has 94 valence electrons. The molecule has 0 saturated carbocycles. The Labute approximate surface area is 105 Å². The molecule has 4 nitrogen and oxygen atoms in total. The van der Waals surface area contributed by atoms with Gasteiger partial charge in [0.1, 0.15) is 5.75 Å². The summed E-state index contributed by atoms with van der Waals surface area (Å²) in [6.07, 6.45) is 0.708. The fourth-order valence-corrected chi connectivity index (χ4v) is 2.14. The van der Waals surface area contributed by atoms with Crippen LogP contribution in [0.1, 0.15) is 28.5 Å². The van der Waals surface area contributed by atoms with Crippen molar-refractivity contribution < 1.29 is 14.6 Å². The first-order valence-corrected chi connectivity index (χ1v) is 5.79. The van der Waals surface area contributed by atoms with Crippen LogP contribution < -0.4 is 4.74 Å². The van der Waals surface area contributed by atoms with E-state index in [1.165, 1.54) is 0 Å². The summed E-state index contributed by atoms with van der Waals surface area (Å²) in [5.41, 5.74) is 2.55. The first kappa shape index (κ1) is 12.4. The number of rotatable bonds is 3. The van der Waals surface area contributed by atoms with Crippen molar-refractivity contribution in [3.63, 3.8) is 0 Å². The molecule has 18 heavy (non-hydrogen) atoms. The van der Waals surface area contributed by atoms with E-state index in [-0.39, 0.29) is 0 Å². The molecule has 0 fully saturated rings. The van der Waals surface area contributed by atoms with Gasteiger partial charge in [0, 0.05) is 17.1 Å². The first-order valence-electron chi connectivity index (χ1n) is 5.79. The number of benzene rings is 1. The van der Waals surface area contributed by atoms with Crippen LogP contribution >= 0.6 is 0 Å². The Kier molecular flexibility index (Phi) is 3.19. The van der Waals surface area contributed by atoms with Crippen LogP contribution in [0.15, 0.2) is 18.2 Å². The normalized spacial score (nSPS) is 10.6. The van der Waals surface area contributed by atoms with Crippen molar-refractivity contribution in [3.05, 3.63) is 35.0 Å². The maximum atomic E-state index is 11.4. The molecule has 2 aromatic rings. The Morgan fingerprint density at radius 3 is 2.72 bits per heavy atom. The number of carboxylic acids is 1. The highest BCUT2D eigenvalue weighted by Gasteiger charge is 2.16. The highest BCUT2D eigenvalue weighted by atomic mass is 16.5. The van der Waals surface area contributed by atoms with Gasteiger partial charge < -0.3 is 9.84 Å². The molecule has 0 aliphatic rings. The molecule has 1 heterocycles. The minimum Gasteiger partial charge on any atom is -0.497 e. The molecule has 1 N–H and O–H groups in total. The molecule has 0 atom stereocenters. The monoisotopic (exact) mass is 245 g/mol. The molecule has 4 heteroatoms. The van der Waals surface area contributed by atoms with Crippen molar-refractivity contribution in [2.24, 2.45) is 0 Å². The number of methoxy groups -OCH3 is 1. The van der Waals surface area contributed by atoms with E-state index in [4.69, 9.17) is 4.74 Å². The van der Waals surface area contributed by atoms with Crippen LogP contribution in [0, 0.1) is 6.92 Å². The summed E-state index contributed by atoms with van der Waals surface area (Å²) in [5, 5.41) is 10.0. The van der Waals surface area contributed by atoms with Crippen molar-refractivity contribution in [2.75, 3.05) is 7.11 Å². The number of hydrogen-bond acceptors (Lipinski definition) is 3. The minimum atomic E-state index is -0.917. The summed E-state index contributed by atoms with van der Waals surface area (Å²) in [5.74, 6) is -0.239. The van der Waals surface area contributed by atoms with Gasteiger partial charge >= 0.3 is 5.97 Å². The molecule has 0 spiro atoms. The van der Waals surface area contributed by atoms with Crippen LogP contribution in [-0.2, 0) is 6.42 Å². The van der Waals surface area contributed by atoms with E-state index in [1.807, 2.05) is 6.92 Å². The molecule has 0 amide bonds. The number of aryl methyl sites for hydroxylation is 1. The smallest absolute Gasteiger partial charge is 0.336 e. The van der Waals surface area contributed by atoms with Crippen molar-refractivity contribution >= 4 is 16.9 Å². The largest absolute Gasteiger partial charge is 0.497 e. The summed E-state index contributed by atoms with van der Waals surface area (Å²) in [7, 11) is 1.58. The molecule has 1 aromatic carbocycles. The third-order valence-corrected chi connectivity index (χ3v) is 3.09. The van der Waals surface area contributed by atoms with Gasteiger partial charge in [-0.2, -0.15) is 0 Å². The minimum absolute atomic E-state index is 0.333. The van der Waals surface area contributed by atoms with Gasteiger partial charge in [0.25, 0.3) is 0 Å². The highest BCUT2D eigenvalue weighted by molar-refractivity contribution is 6.04. The van der Waals surface area contributed by atoms with Gasteiger partial charge in [-0.1, -0.05) is 6.92 Å². The van der Waals surface area contributed by atoms with E-state index in [0.717, 1.165) is 11.3 Å². The summed E-state index contributed by atoms with van der Waals surface area (Å²) in [6, 6.07) is 5.26. The lowest BCUT2D eigenvalue weighted by Crippen LogP contribution is -2.06. The Morgan fingerprint density at radius 1 is 1.44 bits per heavy atom. The van der Waals surface area contributed by atoms with Crippen LogP contribution in [0.3, 0.4) is 0 Å². The van der Waals surface area contributed by atoms with Gasteiger partial charge in [0.15, 0.2) is 0 Å². The average molecular weight is 245 g/mol. The van der Waals surface area contributed by atoms with Crippen molar-refractivity contribution in [2.45, 2.75) is 20.3 Å². The molecule has 1 aromatic heterocycles. The first-order chi connectivity index (χ1) is 8.58. The number of fused-ring (bicyclic) bond motifs is 1. The van der Waals surface area contributed by atoms with Crippen molar-refractivity contribution in [1.29, 1.82) is 0 Å². The van der Waals surface area contributed by atoms with Gasteiger partial charge in [-0.05, 0) is 31.0 Å². The highest BCUT2D eigenvalue weighted by Crippen LogP contribution is 2.26. The maximum Gasteiger partial charge on any atom is 0.336 e. The average Bonchev–Trinajstić information content (AvgIpc) is 2.36. The molecular formula is C14H15NO3. The van der Waals surface area contributed by atoms with E-state index in [9.17, 15) is 9.90 Å². The summed E-state index contributed by atoms with van der Waals surface area (Å²) in [6.45, 7) is 3.77. The lowest BCUT2D eigenvalue weighted by molar-refractivity contribution is 0.0698. The zero-order valence-electron chi connectivity index (χ0n) is 10.7. The predicted molar refractivity (Wildman–Crippen MR) is 69.4 cm³/mol.